The molecule has 2 aliphatic heterocycles. The summed E-state index contributed by atoms with van der Waals surface area (Å²) in [6, 6.07) is 23.9. The van der Waals surface area contributed by atoms with Crippen molar-refractivity contribution in [3.63, 3.8) is 0 Å². The van der Waals surface area contributed by atoms with Gasteiger partial charge in [-0.2, -0.15) is 0 Å². The van der Waals surface area contributed by atoms with Crippen LogP contribution in [0, 0.1) is 0 Å². The van der Waals surface area contributed by atoms with E-state index in [4.69, 9.17) is 4.74 Å². The molecule has 9 nitrogen and oxygen atoms in total. The predicted molar refractivity (Wildman–Crippen MR) is 141 cm³/mol. The summed E-state index contributed by atoms with van der Waals surface area (Å²) < 4.78 is 6.03. The number of carbonyl (C=O) groups is 3. The Morgan fingerprint density at radius 1 is 0.974 bits per heavy atom. The predicted octanol–water partition coefficient (Wildman–Crippen LogP) is 3.48. The van der Waals surface area contributed by atoms with Crippen molar-refractivity contribution in [1.82, 2.24) is 15.1 Å². The number of rotatable bonds is 10. The van der Waals surface area contributed by atoms with E-state index in [9.17, 15) is 19.5 Å². The second-order valence-electron chi connectivity index (χ2n) is 9.18. The van der Waals surface area contributed by atoms with Crippen molar-refractivity contribution in [2.24, 2.45) is 4.99 Å². The Hall–Kier alpha value is -4.66. The van der Waals surface area contributed by atoms with Gasteiger partial charge < -0.3 is 19.6 Å². The molecule has 0 spiro atoms. The number of carboxylic acid groups (broad SMARTS) is 1. The van der Waals surface area contributed by atoms with Gasteiger partial charge in [-0.25, -0.2) is 4.99 Å². The number of carboxylic acids is 1. The van der Waals surface area contributed by atoms with Gasteiger partial charge in [0.1, 0.15) is 18.8 Å². The van der Waals surface area contributed by atoms with Gasteiger partial charge in [0.15, 0.2) is 0 Å². The fraction of sp³-hybridized carbons (Fsp3) is 0.241. The maximum atomic E-state index is 13.4. The number of nitrogens with zero attached hydrogens (tertiary/aromatic N) is 3. The van der Waals surface area contributed by atoms with Crippen LogP contribution in [-0.4, -0.2) is 58.3 Å². The van der Waals surface area contributed by atoms with Gasteiger partial charge >= 0.3 is 5.97 Å². The molecule has 5 rings (SSSR count). The first-order valence-corrected chi connectivity index (χ1v) is 12.5. The highest BCUT2D eigenvalue weighted by atomic mass is 16.5. The van der Waals surface area contributed by atoms with Crippen LogP contribution >= 0.6 is 0 Å². The minimum atomic E-state index is -1.07. The summed E-state index contributed by atoms with van der Waals surface area (Å²) in [5.74, 6) is -0.217. The van der Waals surface area contributed by atoms with Crippen LogP contribution in [-0.2, 0) is 20.9 Å². The van der Waals surface area contributed by atoms with Crippen molar-refractivity contribution in [3.05, 3.63) is 95.6 Å². The molecule has 0 saturated carbocycles. The molecule has 3 aromatic carbocycles. The summed E-state index contributed by atoms with van der Waals surface area (Å²) in [6.07, 6.45) is 0.540. The Morgan fingerprint density at radius 3 is 2.32 bits per heavy atom. The highest BCUT2D eigenvalue weighted by Crippen LogP contribution is 2.34. The molecule has 3 aromatic rings. The van der Waals surface area contributed by atoms with Gasteiger partial charge in [0, 0.05) is 12.0 Å². The molecule has 0 bridgehead atoms. The molecule has 0 aromatic heterocycles. The third-order valence-electron chi connectivity index (χ3n) is 6.53. The molecule has 0 aliphatic carbocycles. The average Bonchev–Trinajstić information content (AvgIpc) is 3.29. The van der Waals surface area contributed by atoms with Crippen LogP contribution < -0.4 is 10.1 Å². The van der Waals surface area contributed by atoms with Crippen molar-refractivity contribution < 1.29 is 24.2 Å². The summed E-state index contributed by atoms with van der Waals surface area (Å²) in [6.45, 7) is 0.621. The Morgan fingerprint density at radius 2 is 1.66 bits per heavy atom. The molecule has 2 heterocycles. The number of nitrogens with one attached hydrogen (secondary N) is 1. The first kappa shape index (κ1) is 25.0. The number of aliphatic imine (C=N–C) groups is 1. The topological polar surface area (TPSA) is 112 Å². The zero-order chi connectivity index (χ0) is 26.5. The van der Waals surface area contributed by atoms with E-state index in [0.29, 0.717) is 24.7 Å². The second-order valence-corrected chi connectivity index (χ2v) is 9.18. The Kier molecular flexibility index (Phi) is 7.35. The number of hydrogen-bond acceptors (Lipinski definition) is 6. The molecule has 2 amide bonds. The number of ether oxygens (including phenoxy) is 1. The largest absolute Gasteiger partial charge is 0.493 e. The van der Waals surface area contributed by atoms with Crippen LogP contribution in [0.2, 0.25) is 0 Å². The molecule has 38 heavy (non-hydrogen) atoms. The van der Waals surface area contributed by atoms with E-state index in [-0.39, 0.29) is 31.4 Å². The van der Waals surface area contributed by atoms with Gasteiger partial charge in [0.25, 0.3) is 0 Å². The van der Waals surface area contributed by atoms with Gasteiger partial charge in [-0.05, 0) is 29.7 Å². The SMILES string of the molecule is O=C(O)CN(C(=O)CCCOc1cccc2c1CN1CC(=O)NC1=N2)C(c1ccccc1)c1ccccc1. The lowest BCUT2D eigenvalue weighted by Crippen LogP contribution is -2.39. The van der Waals surface area contributed by atoms with Gasteiger partial charge in [-0.15, -0.1) is 0 Å². The molecule has 2 N–H and O–H groups in total. The van der Waals surface area contributed by atoms with Gasteiger partial charge in [0.05, 0.1) is 24.9 Å². The standard InChI is InChI=1S/C29H28N4O5/c34-25-18-32-17-22-23(30-29(32)31-25)13-7-14-24(22)38-16-8-15-26(35)33(19-27(36)37)28(20-9-3-1-4-10-20)21-11-5-2-6-12-21/h1-7,9-14,28H,8,15-19H2,(H,36,37)(H,30,31,34). The van der Waals surface area contributed by atoms with Crippen LogP contribution in [0.4, 0.5) is 5.69 Å². The number of aliphatic carboxylic acids is 1. The summed E-state index contributed by atoms with van der Waals surface area (Å²) in [5.41, 5.74) is 3.32. The van der Waals surface area contributed by atoms with Crippen LogP contribution in [0.25, 0.3) is 0 Å². The Balaban J connectivity index is 1.27. The van der Waals surface area contributed by atoms with E-state index < -0.39 is 18.6 Å². The van der Waals surface area contributed by atoms with Crippen molar-refractivity contribution in [1.29, 1.82) is 0 Å². The third kappa shape index (κ3) is 5.51. The number of fused-ring (bicyclic) bond motifs is 2. The first-order valence-electron chi connectivity index (χ1n) is 12.5. The molecular weight excluding hydrogens is 484 g/mol. The Labute approximate surface area is 220 Å². The van der Waals surface area contributed by atoms with E-state index in [1.54, 1.807) is 0 Å². The minimum Gasteiger partial charge on any atom is -0.493 e. The van der Waals surface area contributed by atoms with Crippen LogP contribution in [0.15, 0.2) is 83.9 Å². The fourth-order valence-electron chi connectivity index (χ4n) is 4.82. The second kappa shape index (κ2) is 11.2. The number of carbonyl (C=O) groups excluding carboxylic acids is 2. The maximum absolute atomic E-state index is 13.4. The lowest BCUT2D eigenvalue weighted by atomic mass is 9.96. The highest BCUT2D eigenvalue weighted by molar-refractivity contribution is 6.05. The molecule has 1 fully saturated rings. The average molecular weight is 513 g/mol. The van der Waals surface area contributed by atoms with E-state index in [2.05, 4.69) is 10.3 Å². The van der Waals surface area contributed by atoms with Gasteiger partial charge in [-0.1, -0.05) is 66.7 Å². The number of hydrogen-bond donors (Lipinski definition) is 2. The zero-order valence-corrected chi connectivity index (χ0v) is 20.7. The number of amides is 2. The highest BCUT2D eigenvalue weighted by Gasteiger charge is 2.31. The van der Waals surface area contributed by atoms with Crippen molar-refractivity contribution in [2.45, 2.75) is 25.4 Å². The molecule has 9 heteroatoms. The van der Waals surface area contributed by atoms with Crippen LogP contribution in [0.1, 0.15) is 35.6 Å². The van der Waals surface area contributed by atoms with E-state index in [1.165, 1.54) is 4.90 Å². The van der Waals surface area contributed by atoms with Crippen molar-refractivity contribution in [2.75, 3.05) is 19.7 Å². The first-order chi connectivity index (χ1) is 18.5. The van der Waals surface area contributed by atoms with Gasteiger partial charge in [-0.3, -0.25) is 19.7 Å². The third-order valence-corrected chi connectivity index (χ3v) is 6.53. The lowest BCUT2D eigenvalue weighted by Gasteiger charge is -2.31. The zero-order valence-electron chi connectivity index (χ0n) is 20.7. The Bertz CT molecular complexity index is 1320. The molecule has 0 atom stereocenters. The van der Waals surface area contributed by atoms with E-state index in [0.717, 1.165) is 22.4 Å². The molecule has 194 valence electrons. The molecule has 2 aliphatic rings. The number of benzene rings is 3. The summed E-state index contributed by atoms with van der Waals surface area (Å²) >= 11 is 0. The van der Waals surface area contributed by atoms with Gasteiger partial charge in [0.2, 0.25) is 17.8 Å². The van der Waals surface area contributed by atoms with Crippen LogP contribution in [0.3, 0.4) is 0 Å². The molecular formula is C29H28N4O5. The van der Waals surface area contributed by atoms with Crippen molar-refractivity contribution in [3.8, 4) is 5.75 Å². The quantitative estimate of drug-likeness (QED) is 0.403. The van der Waals surface area contributed by atoms with E-state index in [1.807, 2.05) is 83.8 Å². The summed E-state index contributed by atoms with van der Waals surface area (Å²) in [5, 5.41) is 12.4. The molecule has 0 radical (unpaired) electrons. The van der Waals surface area contributed by atoms with Crippen molar-refractivity contribution >= 4 is 29.4 Å². The van der Waals surface area contributed by atoms with Crippen LogP contribution in [0.5, 0.6) is 5.75 Å². The smallest absolute Gasteiger partial charge is 0.323 e. The maximum Gasteiger partial charge on any atom is 0.323 e. The monoisotopic (exact) mass is 512 g/mol. The fourth-order valence-corrected chi connectivity index (χ4v) is 4.82. The minimum absolute atomic E-state index is 0.0900. The summed E-state index contributed by atoms with van der Waals surface area (Å²) in [7, 11) is 0. The molecule has 0 unspecified atom stereocenters. The lowest BCUT2D eigenvalue weighted by molar-refractivity contribution is -0.145. The normalized spacial score (nSPS) is 13.9. The number of guanidine groups is 1. The molecule has 1 saturated heterocycles. The summed E-state index contributed by atoms with van der Waals surface area (Å²) in [4.78, 5) is 44.7. The van der Waals surface area contributed by atoms with E-state index >= 15 is 0 Å².